The van der Waals surface area contributed by atoms with Crippen molar-refractivity contribution in [2.45, 2.75) is 13.8 Å². The first-order chi connectivity index (χ1) is 14.1. The minimum Gasteiger partial charge on any atom is -0.484 e. The van der Waals surface area contributed by atoms with Crippen LogP contribution in [0.3, 0.4) is 0 Å². The van der Waals surface area contributed by atoms with Crippen LogP contribution < -0.4 is 4.74 Å². The molecule has 30 heavy (non-hydrogen) atoms. The highest BCUT2D eigenvalue weighted by Gasteiger charge is 2.27. The molecular weight excluding hydrogens is 415 g/mol. The zero-order valence-electron chi connectivity index (χ0n) is 15.9. The second kappa shape index (κ2) is 10.0. The molecule has 0 aliphatic carbocycles. The van der Waals surface area contributed by atoms with Crippen LogP contribution >= 0.6 is 0 Å². The van der Waals surface area contributed by atoms with Gasteiger partial charge in [-0.2, -0.15) is 8.78 Å². The Morgan fingerprint density at radius 1 is 0.767 bits per heavy atom. The summed E-state index contributed by atoms with van der Waals surface area (Å²) in [6.07, 6.45) is 0. The molecule has 0 aliphatic heterocycles. The van der Waals surface area contributed by atoms with Gasteiger partial charge in [-0.25, -0.2) is 22.8 Å². The highest BCUT2D eigenvalue weighted by atomic mass is 19.2. The van der Waals surface area contributed by atoms with Crippen LogP contribution in [0.2, 0.25) is 0 Å². The van der Waals surface area contributed by atoms with Crippen molar-refractivity contribution in [1.29, 1.82) is 0 Å². The summed E-state index contributed by atoms with van der Waals surface area (Å²) in [6, 6.07) is 5.64. The lowest BCUT2D eigenvalue weighted by atomic mass is 10.1. The maximum Gasteiger partial charge on any atom is 0.339 e. The topological polar surface area (TPSA) is 61.8 Å². The van der Waals surface area contributed by atoms with E-state index in [-0.39, 0.29) is 23.7 Å². The number of benzene rings is 2. The van der Waals surface area contributed by atoms with Crippen molar-refractivity contribution in [3.05, 3.63) is 64.5 Å². The van der Waals surface area contributed by atoms with Crippen LogP contribution in [0.5, 0.6) is 5.75 Å². The molecule has 0 radical (unpaired) electrons. The van der Waals surface area contributed by atoms with Gasteiger partial charge in [-0.05, 0) is 18.1 Å². The zero-order chi connectivity index (χ0) is 22.4. The van der Waals surface area contributed by atoms with Crippen molar-refractivity contribution >= 4 is 11.9 Å². The first kappa shape index (κ1) is 23.1. The second-order valence-electron chi connectivity index (χ2n) is 6.42. The van der Waals surface area contributed by atoms with Gasteiger partial charge in [0.05, 0.1) is 17.7 Å². The third kappa shape index (κ3) is 5.25. The molecule has 10 heteroatoms. The Balaban J connectivity index is 2.01. The highest BCUT2D eigenvalue weighted by Crippen LogP contribution is 2.29. The molecule has 5 nitrogen and oxygen atoms in total. The fraction of sp³-hybridized carbons (Fsp3) is 0.300. The van der Waals surface area contributed by atoms with Gasteiger partial charge in [0.2, 0.25) is 29.1 Å². The number of halogens is 5. The van der Waals surface area contributed by atoms with Crippen LogP contribution in [0.15, 0.2) is 24.3 Å². The van der Waals surface area contributed by atoms with E-state index in [1.165, 1.54) is 24.3 Å². The lowest BCUT2D eigenvalue weighted by molar-refractivity contribution is 0.0405. The fourth-order valence-corrected chi connectivity index (χ4v) is 2.23. The third-order valence-corrected chi connectivity index (χ3v) is 3.65. The van der Waals surface area contributed by atoms with Crippen molar-refractivity contribution in [1.82, 2.24) is 0 Å². The summed E-state index contributed by atoms with van der Waals surface area (Å²) >= 11 is 0. The fourth-order valence-electron chi connectivity index (χ4n) is 2.23. The lowest BCUT2D eigenvalue weighted by Gasteiger charge is -2.12. The van der Waals surface area contributed by atoms with Gasteiger partial charge in [0.15, 0.2) is 5.75 Å². The Bertz CT molecular complexity index is 916. The summed E-state index contributed by atoms with van der Waals surface area (Å²) < 4.78 is 80.7. The molecule has 162 valence electrons. The van der Waals surface area contributed by atoms with Crippen molar-refractivity contribution in [3.63, 3.8) is 0 Å². The molecule has 0 saturated heterocycles. The van der Waals surface area contributed by atoms with Gasteiger partial charge >= 0.3 is 11.9 Å². The van der Waals surface area contributed by atoms with E-state index < -0.39 is 60.0 Å². The predicted molar refractivity (Wildman–Crippen MR) is 93.6 cm³/mol. The molecule has 2 aromatic rings. The van der Waals surface area contributed by atoms with Gasteiger partial charge in [0, 0.05) is 0 Å². The van der Waals surface area contributed by atoms with Crippen LogP contribution in [-0.2, 0) is 9.47 Å². The predicted octanol–water partition coefficient (Wildman–Crippen LogP) is 4.43. The Labute approximate surface area is 168 Å². The van der Waals surface area contributed by atoms with E-state index in [4.69, 9.17) is 9.47 Å². The van der Waals surface area contributed by atoms with Gasteiger partial charge in [0.25, 0.3) is 0 Å². The van der Waals surface area contributed by atoms with E-state index in [9.17, 15) is 31.5 Å². The van der Waals surface area contributed by atoms with Gasteiger partial charge in [-0.15, -0.1) is 0 Å². The van der Waals surface area contributed by atoms with Crippen LogP contribution in [0, 0.1) is 35.0 Å². The molecule has 0 bridgehead atoms. The summed E-state index contributed by atoms with van der Waals surface area (Å²) in [7, 11) is 0. The molecule has 0 heterocycles. The molecule has 0 saturated carbocycles. The largest absolute Gasteiger partial charge is 0.484 e. The number of hydrogen-bond donors (Lipinski definition) is 0. The summed E-state index contributed by atoms with van der Waals surface area (Å²) in [4.78, 5) is 24.3. The third-order valence-electron chi connectivity index (χ3n) is 3.65. The molecule has 0 amide bonds. The Hall–Kier alpha value is -3.17. The monoisotopic (exact) mass is 432 g/mol. The van der Waals surface area contributed by atoms with Crippen molar-refractivity contribution in [2.24, 2.45) is 5.92 Å². The smallest absolute Gasteiger partial charge is 0.339 e. The maximum absolute atomic E-state index is 13.5. The van der Waals surface area contributed by atoms with Gasteiger partial charge in [-0.3, -0.25) is 0 Å². The number of carbonyl (C=O) groups is 2. The molecule has 2 rings (SSSR count). The van der Waals surface area contributed by atoms with Gasteiger partial charge in [0.1, 0.15) is 13.2 Å². The second-order valence-corrected chi connectivity index (χ2v) is 6.42. The molecule has 0 aliphatic rings. The summed E-state index contributed by atoms with van der Waals surface area (Å²) in [6.45, 7) is 2.51. The molecule has 0 fully saturated rings. The maximum atomic E-state index is 13.5. The first-order valence-electron chi connectivity index (χ1n) is 8.72. The summed E-state index contributed by atoms with van der Waals surface area (Å²) in [5, 5.41) is 0. The minimum atomic E-state index is -2.32. The summed E-state index contributed by atoms with van der Waals surface area (Å²) in [5.74, 6) is -14.0. The normalized spacial score (nSPS) is 10.8. The van der Waals surface area contributed by atoms with Crippen molar-refractivity contribution in [3.8, 4) is 5.75 Å². The van der Waals surface area contributed by atoms with Gasteiger partial charge in [-0.1, -0.05) is 26.0 Å². The van der Waals surface area contributed by atoms with Crippen molar-refractivity contribution in [2.75, 3.05) is 19.8 Å². The molecule has 0 atom stereocenters. The highest BCUT2D eigenvalue weighted by molar-refractivity contribution is 6.03. The van der Waals surface area contributed by atoms with Crippen molar-refractivity contribution < 1.29 is 45.8 Å². The van der Waals surface area contributed by atoms with E-state index in [0.717, 1.165) is 0 Å². The average Bonchev–Trinajstić information content (AvgIpc) is 2.73. The van der Waals surface area contributed by atoms with E-state index >= 15 is 0 Å². The first-order valence-corrected chi connectivity index (χ1v) is 8.72. The number of carbonyl (C=O) groups excluding carboxylic acids is 2. The lowest BCUT2D eigenvalue weighted by Crippen LogP contribution is -2.18. The quantitative estimate of drug-likeness (QED) is 0.203. The average molecular weight is 432 g/mol. The van der Waals surface area contributed by atoms with Crippen LogP contribution in [0.1, 0.15) is 34.6 Å². The summed E-state index contributed by atoms with van der Waals surface area (Å²) in [5.41, 5.74) is -0.175. The molecule has 0 spiro atoms. The Morgan fingerprint density at radius 2 is 1.23 bits per heavy atom. The zero-order valence-corrected chi connectivity index (χ0v) is 15.9. The molecule has 0 unspecified atom stereocenters. The van der Waals surface area contributed by atoms with E-state index in [1.54, 1.807) is 0 Å². The van der Waals surface area contributed by atoms with E-state index in [2.05, 4.69) is 4.74 Å². The van der Waals surface area contributed by atoms with Gasteiger partial charge < -0.3 is 14.2 Å². The standard InChI is InChI=1S/C20H17F5O5/c1-10(2)9-30-20(27)12-6-4-3-5-11(12)19(26)29-8-7-28-18-16(24)14(22)13(21)15(23)17(18)25/h3-6,10H,7-9H2,1-2H3. The van der Waals surface area contributed by atoms with Crippen LogP contribution in [0.4, 0.5) is 22.0 Å². The number of esters is 2. The van der Waals surface area contributed by atoms with Crippen LogP contribution in [-0.4, -0.2) is 31.8 Å². The van der Waals surface area contributed by atoms with Crippen LogP contribution in [0.25, 0.3) is 0 Å². The Kier molecular flexibility index (Phi) is 7.73. The Morgan fingerprint density at radius 3 is 1.73 bits per heavy atom. The number of hydrogen-bond acceptors (Lipinski definition) is 5. The molecule has 2 aromatic carbocycles. The number of rotatable bonds is 8. The molecule has 0 N–H and O–H groups in total. The van der Waals surface area contributed by atoms with E-state index in [0.29, 0.717) is 0 Å². The molecule has 0 aromatic heterocycles. The molecular formula is C20H17F5O5. The SMILES string of the molecule is CC(C)COC(=O)c1ccccc1C(=O)OCCOc1c(F)c(F)c(F)c(F)c1F. The van der Waals surface area contributed by atoms with E-state index in [1.807, 2.05) is 13.8 Å². The number of ether oxygens (including phenoxy) is 3. The minimum absolute atomic E-state index is 0.0520.